The highest BCUT2D eigenvalue weighted by Crippen LogP contribution is 2.52. The minimum Gasteiger partial charge on any atom is -0.453 e. The summed E-state index contributed by atoms with van der Waals surface area (Å²) in [5.41, 5.74) is -3.99. The molecule has 1 aromatic heterocycles. The van der Waals surface area contributed by atoms with E-state index in [4.69, 9.17) is 10.00 Å². The molecule has 148 valence electrons. The van der Waals surface area contributed by atoms with Crippen molar-refractivity contribution in [3.63, 3.8) is 0 Å². The van der Waals surface area contributed by atoms with E-state index in [1.807, 2.05) is 6.07 Å². The van der Waals surface area contributed by atoms with Crippen LogP contribution in [0.15, 0.2) is 24.3 Å². The van der Waals surface area contributed by atoms with Crippen molar-refractivity contribution >= 4 is 9.84 Å². The second kappa shape index (κ2) is 6.51. The Hall–Kier alpha value is -2.54. The van der Waals surface area contributed by atoms with Crippen molar-refractivity contribution in [3.05, 3.63) is 41.2 Å². The van der Waals surface area contributed by atoms with Crippen LogP contribution in [0.1, 0.15) is 54.5 Å². The van der Waals surface area contributed by atoms with Crippen molar-refractivity contribution in [2.24, 2.45) is 0 Å². The fourth-order valence-electron chi connectivity index (χ4n) is 3.01. The maximum Gasteiger partial charge on any atom is 0.499 e. The van der Waals surface area contributed by atoms with Gasteiger partial charge in [0.15, 0.2) is 11.6 Å². The summed E-state index contributed by atoms with van der Waals surface area (Å²) < 4.78 is 68.9. The van der Waals surface area contributed by atoms with Crippen LogP contribution in [0.4, 0.5) is 13.2 Å². The van der Waals surface area contributed by atoms with Crippen molar-refractivity contribution in [1.82, 2.24) is 9.78 Å². The molecule has 2 aliphatic rings. The molecule has 1 aromatic carbocycles. The Bertz CT molecular complexity index is 1040. The second-order valence-corrected chi connectivity index (χ2v) is 9.03. The number of hydrogen-bond donors (Lipinski definition) is 0. The fourth-order valence-corrected chi connectivity index (χ4v) is 3.67. The van der Waals surface area contributed by atoms with E-state index in [-0.39, 0.29) is 11.8 Å². The summed E-state index contributed by atoms with van der Waals surface area (Å²) in [6, 6.07) is 8.32. The van der Waals surface area contributed by atoms with Gasteiger partial charge in [-0.05, 0) is 49.9 Å². The molecule has 2 saturated carbocycles. The first-order valence-corrected chi connectivity index (χ1v) is 10.4. The quantitative estimate of drug-likeness (QED) is 0.711. The molecule has 2 aromatic rings. The van der Waals surface area contributed by atoms with Crippen LogP contribution in [0.2, 0.25) is 0 Å². The van der Waals surface area contributed by atoms with E-state index in [9.17, 15) is 21.6 Å². The van der Waals surface area contributed by atoms with Gasteiger partial charge in [0, 0.05) is 11.8 Å². The Balaban J connectivity index is 1.74. The van der Waals surface area contributed by atoms with Gasteiger partial charge in [0.05, 0.1) is 17.3 Å². The average Bonchev–Trinajstić information content (AvgIpc) is 3.53. The van der Waals surface area contributed by atoms with Crippen molar-refractivity contribution in [1.29, 1.82) is 5.26 Å². The molecule has 2 aliphatic carbocycles. The van der Waals surface area contributed by atoms with Crippen LogP contribution in [0.5, 0.6) is 11.5 Å². The van der Waals surface area contributed by atoms with E-state index < -0.39 is 21.2 Å². The highest BCUT2D eigenvalue weighted by Gasteiger charge is 2.47. The zero-order valence-corrected chi connectivity index (χ0v) is 15.4. The highest BCUT2D eigenvalue weighted by molar-refractivity contribution is 7.91. The number of halogens is 3. The Morgan fingerprint density at radius 1 is 1.14 bits per heavy atom. The van der Waals surface area contributed by atoms with Crippen LogP contribution >= 0.6 is 0 Å². The molecule has 0 atom stereocenters. The number of sulfone groups is 1. The van der Waals surface area contributed by atoms with Gasteiger partial charge in [-0.1, -0.05) is 0 Å². The Labute approximate surface area is 159 Å². The SMILES string of the molecule is N#Cc1ccc(Oc2c(C3CC3)nn(CS(=O)(=O)C(F)(F)F)c2C2CC2)cc1. The third kappa shape index (κ3) is 3.58. The minimum absolute atomic E-state index is 0.0562. The molecule has 6 nitrogen and oxygen atoms in total. The smallest absolute Gasteiger partial charge is 0.453 e. The molecule has 0 N–H and O–H groups in total. The number of ether oxygens (including phenoxy) is 1. The lowest BCUT2D eigenvalue weighted by atomic mass is 10.2. The molecule has 0 amide bonds. The molecular formula is C18H16F3N3O3S. The van der Waals surface area contributed by atoms with Crippen molar-refractivity contribution in [3.8, 4) is 17.6 Å². The van der Waals surface area contributed by atoms with Crippen LogP contribution in [-0.4, -0.2) is 23.7 Å². The maximum absolute atomic E-state index is 12.9. The first-order valence-electron chi connectivity index (χ1n) is 8.77. The summed E-state index contributed by atoms with van der Waals surface area (Å²) in [5, 5.41) is 13.1. The van der Waals surface area contributed by atoms with Gasteiger partial charge in [-0.3, -0.25) is 0 Å². The third-order valence-electron chi connectivity index (χ3n) is 4.75. The first kappa shape index (κ1) is 18.8. The van der Waals surface area contributed by atoms with E-state index in [0.29, 0.717) is 28.5 Å². The minimum atomic E-state index is -5.36. The normalized spacial score (nSPS) is 17.4. The summed E-state index contributed by atoms with van der Waals surface area (Å²) in [6.07, 6.45) is 3.14. The predicted molar refractivity (Wildman–Crippen MR) is 92.4 cm³/mol. The zero-order valence-electron chi connectivity index (χ0n) is 14.6. The molecule has 28 heavy (non-hydrogen) atoms. The van der Waals surface area contributed by atoms with Crippen molar-refractivity contribution in [2.45, 2.75) is 48.9 Å². The molecule has 4 rings (SSSR count). The number of nitrogens with zero attached hydrogens (tertiary/aromatic N) is 3. The first-order chi connectivity index (χ1) is 13.2. The van der Waals surface area contributed by atoms with E-state index >= 15 is 0 Å². The number of benzene rings is 1. The monoisotopic (exact) mass is 411 g/mol. The van der Waals surface area contributed by atoms with Gasteiger partial charge >= 0.3 is 5.51 Å². The van der Waals surface area contributed by atoms with Crippen LogP contribution in [-0.2, 0) is 15.7 Å². The lowest BCUT2D eigenvalue weighted by molar-refractivity contribution is -0.0443. The maximum atomic E-state index is 12.9. The molecule has 0 aliphatic heterocycles. The Kier molecular flexibility index (Phi) is 4.38. The number of hydrogen-bond acceptors (Lipinski definition) is 5. The van der Waals surface area contributed by atoms with Gasteiger partial charge in [-0.15, -0.1) is 0 Å². The van der Waals surface area contributed by atoms with Crippen LogP contribution in [0, 0.1) is 11.3 Å². The van der Waals surface area contributed by atoms with Crippen LogP contribution < -0.4 is 4.74 Å². The summed E-state index contributed by atoms with van der Waals surface area (Å²) in [4.78, 5) is 0. The van der Waals surface area contributed by atoms with E-state index in [1.54, 1.807) is 24.3 Å². The molecule has 0 spiro atoms. The number of aromatic nitrogens is 2. The molecule has 1 heterocycles. The molecule has 0 saturated heterocycles. The van der Waals surface area contributed by atoms with Gasteiger partial charge in [-0.2, -0.15) is 23.5 Å². The standard InChI is InChI=1S/C18H16F3N3O3S/c19-18(20,21)28(25,26)10-24-16(13-5-6-13)17(15(23-24)12-3-4-12)27-14-7-1-11(9-22)2-8-14/h1-2,7-8,12-13H,3-6,10H2. The summed E-state index contributed by atoms with van der Waals surface area (Å²) in [7, 11) is -5.36. The molecule has 0 unspecified atom stereocenters. The van der Waals surface area contributed by atoms with E-state index in [0.717, 1.165) is 30.4 Å². The van der Waals surface area contributed by atoms with Gasteiger partial charge < -0.3 is 4.74 Å². The molecule has 0 bridgehead atoms. The summed E-state index contributed by atoms with van der Waals surface area (Å²) in [5.74, 6) is -0.496. The third-order valence-corrected chi connectivity index (χ3v) is 6.04. The Morgan fingerprint density at radius 2 is 1.75 bits per heavy atom. The Morgan fingerprint density at radius 3 is 2.25 bits per heavy atom. The highest BCUT2D eigenvalue weighted by atomic mass is 32.2. The fraction of sp³-hybridized carbons (Fsp3) is 0.444. The second-order valence-electron chi connectivity index (χ2n) is 7.08. The van der Waals surface area contributed by atoms with E-state index in [1.165, 1.54) is 0 Å². The number of nitriles is 1. The van der Waals surface area contributed by atoms with Gasteiger partial charge in [0.2, 0.25) is 0 Å². The topological polar surface area (TPSA) is 85.0 Å². The average molecular weight is 411 g/mol. The molecular weight excluding hydrogens is 395 g/mol. The van der Waals surface area contributed by atoms with Crippen LogP contribution in [0.3, 0.4) is 0 Å². The zero-order chi connectivity index (χ0) is 20.1. The van der Waals surface area contributed by atoms with Gasteiger partial charge in [-0.25, -0.2) is 13.1 Å². The largest absolute Gasteiger partial charge is 0.499 e. The number of rotatable bonds is 6. The molecule has 2 fully saturated rings. The predicted octanol–water partition coefficient (Wildman–Crippen LogP) is 4.19. The lowest BCUT2D eigenvalue weighted by Crippen LogP contribution is -2.28. The van der Waals surface area contributed by atoms with Gasteiger partial charge in [0.25, 0.3) is 9.84 Å². The lowest BCUT2D eigenvalue weighted by Gasteiger charge is -2.12. The van der Waals surface area contributed by atoms with Crippen molar-refractivity contribution in [2.75, 3.05) is 0 Å². The number of alkyl halides is 3. The van der Waals surface area contributed by atoms with E-state index in [2.05, 4.69) is 5.10 Å². The van der Waals surface area contributed by atoms with Crippen molar-refractivity contribution < 1.29 is 26.3 Å². The van der Waals surface area contributed by atoms with Gasteiger partial charge in [0.1, 0.15) is 11.4 Å². The summed E-state index contributed by atoms with van der Waals surface area (Å²) in [6.45, 7) is 0. The van der Waals surface area contributed by atoms with Crippen LogP contribution in [0.25, 0.3) is 0 Å². The summed E-state index contributed by atoms with van der Waals surface area (Å²) >= 11 is 0. The molecule has 0 radical (unpaired) electrons. The molecule has 10 heteroatoms.